The molecule has 0 bridgehead atoms. The summed E-state index contributed by atoms with van der Waals surface area (Å²) in [7, 11) is 1.35. The number of hydrogen-bond donors (Lipinski definition) is 0. The molecule has 2 nitrogen and oxygen atoms in total. The molecule has 0 radical (unpaired) electrons. The molecule has 1 aliphatic rings. The van der Waals surface area contributed by atoms with Crippen molar-refractivity contribution in [2.24, 2.45) is 0 Å². The number of methoxy groups -OCH3 is 1. The molecule has 0 aromatic heterocycles. The van der Waals surface area contributed by atoms with E-state index in [0.717, 1.165) is 38.2 Å². The SMILES string of the molecule is COc1ccc(OC2CCCCC2)c([B-](F)(F)F)c1.[K+]. The van der Waals surface area contributed by atoms with Gasteiger partial charge >= 0.3 is 58.4 Å². The predicted octanol–water partition coefficient (Wildman–Crippen LogP) is 0.465. The second-order valence-electron chi connectivity index (χ2n) is 4.86. The topological polar surface area (TPSA) is 18.5 Å². The molecule has 1 aromatic rings. The van der Waals surface area contributed by atoms with E-state index in [4.69, 9.17) is 9.47 Å². The summed E-state index contributed by atoms with van der Waals surface area (Å²) in [6.45, 7) is -5.10. The van der Waals surface area contributed by atoms with Gasteiger partial charge in [0.15, 0.2) is 0 Å². The molecule has 0 saturated heterocycles. The molecule has 0 unspecified atom stereocenters. The Hall–Kier alpha value is 0.311. The fraction of sp³-hybridized carbons (Fsp3) is 0.538. The van der Waals surface area contributed by atoms with E-state index in [9.17, 15) is 12.9 Å². The van der Waals surface area contributed by atoms with Gasteiger partial charge in [-0.05, 0) is 43.9 Å². The quantitative estimate of drug-likeness (QED) is 0.753. The van der Waals surface area contributed by atoms with Gasteiger partial charge in [0.25, 0.3) is 0 Å². The molecule has 1 aromatic carbocycles. The molecule has 1 fully saturated rings. The molecule has 0 N–H and O–H groups in total. The van der Waals surface area contributed by atoms with Gasteiger partial charge < -0.3 is 22.4 Å². The third-order valence-electron chi connectivity index (χ3n) is 3.42. The molecule has 0 spiro atoms. The molecule has 7 heteroatoms. The minimum atomic E-state index is -5.10. The van der Waals surface area contributed by atoms with Crippen LogP contribution in [0, 0.1) is 0 Å². The fourth-order valence-corrected chi connectivity index (χ4v) is 2.38. The number of ether oxygens (including phenoxy) is 2. The van der Waals surface area contributed by atoms with Crippen molar-refractivity contribution in [1.82, 2.24) is 0 Å². The normalized spacial score (nSPS) is 16.4. The van der Waals surface area contributed by atoms with Gasteiger partial charge in [-0.1, -0.05) is 11.9 Å². The molecule has 0 heterocycles. The van der Waals surface area contributed by atoms with Crippen molar-refractivity contribution in [2.75, 3.05) is 7.11 Å². The fourth-order valence-electron chi connectivity index (χ4n) is 2.38. The van der Waals surface area contributed by atoms with E-state index in [1.165, 1.54) is 19.2 Å². The molecular weight excluding hydrogens is 295 g/mol. The second-order valence-corrected chi connectivity index (χ2v) is 4.86. The first-order valence-corrected chi connectivity index (χ1v) is 6.55. The van der Waals surface area contributed by atoms with Crippen molar-refractivity contribution < 1.29 is 73.8 Å². The molecule has 0 amide bonds. The minimum absolute atomic E-state index is 0. The van der Waals surface area contributed by atoms with Crippen molar-refractivity contribution in [3.8, 4) is 11.5 Å². The van der Waals surface area contributed by atoms with Crippen LogP contribution < -0.4 is 66.3 Å². The first-order chi connectivity index (χ1) is 9.00. The van der Waals surface area contributed by atoms with Crippen molar-refractivity contribution in [3.63, 3.8) is 0 Å². The Morgan fingerprint density at radius 2 is 1.75 bits per heavy atom. The minimum Gasteiger partial charge on any atom is -0.497 e. The average Bonchev–Trinajstić information content (AvgIpc) is 2.39. The zero-order valence-electron chi connectivity index (χ0n) is 11.9. The van der Waals surface area contributed by atoms with E-state index in [-0.39, 0.29) is 69.0 Å². The van der Waals surface area contributed by atoms with Gasteiger partial charge in [-0.2, -0.15) is 0 Å². The van der Waals surface area contributed by atoms with Crippen LogP contribution in [-0.4, -0.2) is 20.2 Å². The maximum absolute atomic E-state index is 13.0. The Labute approximate surface area is 159 Å². The molecule has 0 aliphatic heterocycles. The van der Waals surface area contributed by atoms with Crippen molar-refractivity contribution in [1.29, 1.82) is 0 Å². The van der Waals surface area contributed by atoms with Crippen molar-refractivity contribution >= 4 is 12.4 Å². The van der Waals surface area contributed by atoms with E-state index in [2.05, 4.69) is 0 Å². The summed E-state index contributed by atoms with van der Waals surface area (Å²) in [5.74, 6) is 0.130. The second kappa shape index (κ2) is 8.08. The van der Waals surface area contributed by atoms with Gasteiger partial charge in [-0.25, -0.2) is 0 Å². The van der Waals surface area contributed by atoms with Gasteiger partial charge in [0.05, 0.1) is 19.0 Å². The average molecular weight is 312 g/mol. The van der Waals surface area contributed by atoms with E-state index < -0.39 is 12.4 Å². The van der Waals surface area contributed by atoms with Crippen LogP contribution in [0.4, 0.5) is 12.9 Å². The Morgan fingerprint density at radius 1 is 1.10 bits per heavy atom. The summed E-state index contributed by atoms with van der Waals surface area (Å²) in [5, 5.41) is 0. The van der Waals surface area contributed by atoms with Gasteiger partial charge in [-0.15, -0.1) is 0 Å². The number of benzene rings is 1. The van der Waals surface area contributed by atoms with E-state index in [0.29, 0.717) is 0 Å². The van der Waals surface area contributed by atoms with Crippen LogP contribution in [-0.2, 0) is 0 Å². The summed E-state index contributed by atoms with van der Waals surface area (Å²) in [5.41, 5.74) is -0.704. The first-order valence-electron chi connectivity index (χ1n) is 6.55. The smallest absolute Gasteiger partial charge is 0.497 e. The maximum atomic E-state index is 13.0. The van der Waals surface area contributed by atoms with E-state index in [1.807, 2.05) is 0 Å². The van der Waals surface area contributed by atoms with Crippen LogP contribution >= 0.6 is 0 Å². The first kappa shape index (κ1) is 18.4. The standard InChI is InChI=1S/C13H17BF3O2.K/c1-18-11-7-8-13(12(9-11)14(15,16)17)19-10-5-3-2-4-6-10;/h7-10H,2-6H2,1H3;/q-1;+1. The number of halogens is 3. The largest absolute Gasteiger partial charge is 1.00 e. The number of hydrogen-bond acceptors (Lipinski definition) is 2. The van der Waals surface area contributed by atoms with Gasteiger partial charge in [-0.3, -0.25) is 0 Å². The Bertz CT molecular complexity index is 434. The Kier molecular flexibility index (Phi) is 7.42. The van der Waals surface area contributed by atoms with Crippen LogP contribution in [0.15, 0.2) is 18.2 Å². The maximum Gasteiger partial charge on any atom is 1.00 e. The van der Waals surface area contributed by atoms with Gasteiger partial charge in [0, 0.05) is 0 Å². The van der Waals surface area contributed by atoms with Crippen LogP contribution in [0.1, 0.15) is 32.1 Å². The van der Waals surface area contributed by atoms with Crippen LogP contribution in [0.3, 0.4) is 0 Å². The van der Waals surface area contributed by atoms with E-state index in [1.54, 1.807) is 0 Å². The van der Waals surface area contributed by atoms with Gasteiger partial charge in [0.2, 0.25) is 0 Å². The van der Waals surface area contributed by atoms with Crippen LogP contribution in [0.25, 0.3) is 0 Å². The summed E-state index contributed by atoms with van der Waals surface area (Å²) >= 11 is 0. The van der Waals surface area contributed by atoms with Crippen LogP contribution in [0.2, 0.25) is 0 Å². The Balaban J connectivity index is 0.00000200. The number of rotatable bonds is 4. The van der Waals surface area contributed by atoms with Crippen molar-refractivity contribution in [2.45, 2.75) is 38.2 Å². The van der Waals surface area contributed by atoms with Crippen LogP contribution in [0.5, 0.6) is 11.5 Å². The molecular formula is C13H17BF3KO2. The van der Waals surface area contributed by atoms with E-state index >= 15 is 0 Å². The molecule has 2 rings (SSSR count). The monoisotopic (exact) mass is 312 g/mol. The van der Waals surface area contributed by atoms with Gasteiger partial charge in [0.1, 0.15) is 5.75 Å². The molecule has 1 aliphatic carbocycles. The Morgan fingerprint density at radius 3 is 2.30 bits per heavy atom. The summed E-state index contributed by atoms with van der Waals surface area (Å²) < 4.78 is 49.5. The molecule has 20 heavy (non-hydrogen) atoms. The zero-order chi connectivity index (χ0) is 13.9. The van der Waals surface area contributed by atoms with Crippen molar-refractivity contribution in [3.05, 3.63) is 18.2 Å². The zero-order valence-corrected chi connectivity index (χ0v) is 15.0. The predicted molar refractivity (Wildman–Crippen MR) is 69.2 cm³/mol. The summed E-state index contributed by atoms with van der Waals surface area (Å²) in [4.78, 5) is 0. The molecule has 106 valence electrons. The third-order valence-corrected chi connectivity index (χ3v) is 3.42. The molecule has 0 atom stereocenters. The summed E-state index contributed by atoms with van der Waals surface area (Å²) in [6.07, 6.45) is 4.74. The molecule has 1 saturated carbocycles. The third kappa shape index (κ3) is 4.95. The summed E-state index contributed by atoms with van der Waals surface area (Å²) in [6, 6.07) is 3.87.